The summed E-state index contributed by atoms with van der Waals surface area (Å²) in [6.07, 6.45) is 2.18. The van der Waals surface area contributed by atoms with Crippen molar-refractivity contribution in [2.24, 2.45) is 4.99 Å². The van der Waals surface area contributed by atoms with E-state index in [1.54, 1.807) is 4.31 Å². The Labute approximate surface area is 163 Å². The zero-order valence-electron chi connectivity index (χ0n) is 16.4. The van der Waals surface area contributed by atoms with Crippen molar-refractivity contribution in [1.82, 2.24) is 19.8 Å². The molecule has 2 N–H and O–H groups in total. The summed E-state index contributed by atoms with van der Waals surface area (Å²) >= 11 is 1.81. The summed E-state index contributed by atoms with van der Waals surface area (Å²) in [7, 11) is -3.19. The fraction of sp³-hybridized carbons (Fsp3) is 0.941. The van der Waals surface area contributed by atoms with Crippen LogP contribution in [0, 0.1) is 0 Å². The van der Waals surface area contributed by atoms with Gasteiger partial charge >= 0.3 is 0 Å². The van der Waals surface area contributed by atoms with Gasteiger partial charge in [-0.1, -0.05) is 0 Å². The molecule has 2 aliphatic rings. The maximum Gasteiger partial charge on any atom is 0.215 e. The van der Waals surface area contributed by atoms with Gasteiger partial charge in [-0.15, -0.1) is 0 Å². The Morgan fingerprint density at radius 3 is 2.42 bits per heavy atom. The molecule has 9 heteroatoms. The van der Waals surface area contributed by atoms with Crippen LogP contribution in [0.15, 0.2) is 4.99 Å². The van der Waals surface area contributed by atoms with Crippen molar-refractivity contribution in [1.29, 1.82) is 0 Å². The SMILES string of the molecule is CCNC(=NCCS(=O)(=O)N1CCSCC1)NC1CCN(C(C)C)CC1. The molecule has 0 aromatic rings. The van der Waals surface area contributed by atoms with Gasteiger partial charge in [0.2, 0.25) is 10.0 Å². The van der Waals surface area contributed by atoms with Gasteiger partial charge in [-0.05, 0) is 33.6 Å². The molecule has 0 aromatic carbocycles. The molecule has 0 radical (unpaired) electrons. The third kappa shape index (κ3) is 6.90. The molecule has 2 heterocycles. The molecule has 26 heavy (non-hydrogen) atoms. The predicted octanol–water partition coefficient (Wildman–Crippen LogP) is 0.793. The molecule has 2 rings (SSSR count). The second kappa shape index (κ2) is 10.7. The number of nitrogens with one attached hydrogen (secondary N) is 2. The van der Waals surface area contributed by atoms with Crippen molar-refractivity contribution >= 4 is 27.7 Å². The highest BCUT2D eigenvalue weighted by Crippen LogP contribution is 2.14. The third-order valence-corrected chi connectivity index (χ3v) is 7.72. The van der Waals surface area contributed by atoms with Gasteiger partial charge < -0.3 is 15.5 Å². The molecule has 2 aliphatic heterocycles. The molecule has 0 bridgehead atoms. The first-order chi connectivity index (χ1) is 12.4. The lowest BCUT2D eigenvalue weighted by atomic mass is 10.0. The van der Waals surface area contributed by atoms with Gasteiger partial charge in [0.15, 0.2) is 5.96 Å². The van der Waals surface area contributed by atoms with Gasteiger partial charge in [-0.2, -0.15) is 11.8 Å². The maximum absolute atomic E-state index is 12.4. The highest BCUT2D eigenvalue weighted by Gasteiger charge is 2.24. The van der Waals surface area contributed by atoms with Crippen molar-refractivity contribution in [2.45, 2.75) is 45.7 Å². The molecule has 7 nitrogen and oxygen atoms in total. The van der Waals surface area contributed by atoms with E-state index in [1.165, 1.54) is 0 Å². The molecule has 0 aromatic heterocycles. The minimum absolute atomic E-state index is 0.0834. The standard InChI is InChI=1S/C17H35N5O2S2/c1-4-18-17(20-16-5-8-21(9-6-16)15(2)3)19-7-14-26(23,24)22-10-12-25-13-11-22/h15-16H,4-14H2,1-3H3,(H2,18,19,20). The van der Waals surface area contributed by atoms with Crippen LogP contribution in [0.4, 0.5) is 0 Å². The first-order valence-corrected chi connectivity index (χ1v) is 12.5. The number of guanidine groups is 1. The zero-order chi connectivity index (χ0) is 19.0. The molecule has 0 unspecified atom stereocenters. The Morgan fingerprint density at radius 2 is 1.85 bits per heavy atom. The van der Waals surface area contributed by atoms with Gasteiger partial charge in [-0.3, -0.25) is 4.99 Å². The number of thioether (sulfide) groups is 1. The van der Waals surface area contributed by atoms with Crippen molar-refractivity contribution in [3.8, 4) is 0 Å². The van der Waals surface area contributed by atoms with Gasteiger partial charge in [0.05, 0.1) is 12.3 Å². The Bertz CT molecular complexity index is 539. The van der Waals surface area contributed by atoms with Crippen LogP contribution in [-0.2, 0) is 10.0 Å². The average molecular weight is 406 g/mol. The lowest BCUT2D eigenvalue weighted by Gasteiger charge is -2.35. The summed E-state index contributed by atoms with van der Waals surface area (Å²) in [4.78, 5) is 7.00. The Balaban J connectivity index is 1.82. The number of aliphatic imine (C=N–C) groups is 1. The van der Waals surface area contributed by atoms with Gasteiger partial charge in [-0.25, -0.2) is 12.7 Å². The molecule has 2 fully saturated rings. The summed E-state index contributed by atoms with van der Waals surface area (Å²) in [6, 6.07) is 0.995. The van der Waals surface area contributed by atoms with Crippen LogP contribution >= 0.6 is 11.8 Å². The number of nitrogens with zero attached hydrogens (tertiary/aromatic N) is 3. The van der Waals surface area contributed by atoms with Crippen LogP contribution in [0.2, 0.25) is 0 Å². The fourth-order valence-electron chi connectivity index (χ4n) is 3.30. The lowest BCUT2D eigenvalue weighted by molar-refractivity contribution is 0.167. The highest BCUT2D eigenvalue weighted by molar-refractivity contribution is 7.99. The Hall–Kier alpha value is -0.510. The summed E-state index contributed by atoms with van der Waals surface area (Å²) in [5.41, 5.74) is 0. The fourth-order valence-corrected chi connectivity index (χ4v) is 5.75. The molecule has 0 aliphatic carbocycles. The first-order valence-electron chi connectivity index (χ1n) is 9.77. The maximum atomic E-state index is 12.4. The monoisotopic (exact) mass is 405 g/mol. The number of likely N-dealkylation sites (tertiary alicyclic amines) is 1. The smallest absolute Gasteiger partial charge is 0.215 e. The molecular weight excluding hydrogens is 370 g/mol. The minimum atomic E-state index is -3.19. The van der Waals surface area contributed by atoms with Gasteiger partial charge in [0.25, 0.3) is 0 Å². The number of hydrogen-bond donors (Lipinski definition) is 2. The zero-order valence-corrected chi connectivity index (χ0v) is 18.0. The predicted molar refractivity (Wildman–Crippen MR) is 112 cm³/mol. The van der Waals surface area contributed by atoms with Crippen LogP contribution in [0.1, 0.15) is 33.6 Å². The summed E-state index contributed by atoms with van der Waals surface area (Å²) < 4.78 is 26.4. The van der Waals surface area contributed by atoms with Crippen LogP contribution in [0.5, 0.6) is 0 Å². The first kappa shape index (κ1) is 21.8. The van der Waals surface area contributed by atoms with Crippen molar-refractivity contribution in [3.05, 3.63) is 0 Å². The topological polar surface area (TPSA) is 77.0 Å². The van der Waals surface area contributed by atoms with Crippen molar-refractivity contribution in [3.63, 3.8) is 0 Å². The Morgan fingerprint density at radius 1 is 1.19 bits per heavy atom. The normalized spacial score (nSPS) is 21.9. The highest BCUT2D eigenvalue weighted by atomic mass is 32.2. The largest absolute Gasteiger partial charge is 0.357 e. The molecule has 2 saturated heterocycles. The van der Waals surface area contributed by atoms with E-state index in [-0.39, 0.29) is 5.75 Å². The summed E-state index contributed by atoms with van der Waals surface area (Å²) in [5, 5.41) is 6.73. The second-order valence-electron chi connectivity index (χ2n) is 7.14. The van der Waals surface area contributed by atoms with Crippen LogP contribution in [0.25, 0.3) is 0 Å². The minimum Gasteiger partial charge on any atom is -0.357 e. The van der Waals surface area contributed by atoms with Crippen LogP contribution in [-0.4, -0.2) is 92.2 Å². The quantitative estimate of drug-likeness (QED) is 0.482. The van der Waals surface area contributed by atoms with E-state index in [1.807, 2.05) is 18.7 Å². The number of hydrogen-bond acceptors (Lipinski definition) is 5. The van der Waals surface area contributed by atoms with Crippen LogP contribution in [0.3, 0.4) is 0 Å². The number of rotatable bonds is 7. The lowest BCUT2D eigenvalue weighted by Crippen LogP contribution is -2.50. The van der Waals surface area contributed by atoms with Gasteiger partial charge in [0, 0.05) is 56.3 Å². The molecule has 0 amide bonds. The molecular formula is C17H35N5O2S2. The molecule has 0 saturated carbocycles. The molecule has 152 valence electrons. The Kier molecular flexibility index (Phi) is 8.99. The van der Waals surface area contributed by atoms with E-state index in [0.717, 1.165) is 49.9 Å². The average Bonchev–Trinajstić information content (AvgIpc) is 2.63. The van der Waals surface area contributed by atoms with E-state index in [4.69, 9.17) is 0 Å². The van der Waals surface area contributed by atoms with E-state index in [9.17, 15) is 8.42 Å². The van der Waals surface area contributed by atoms with E-state index >= 15 is 0 Å². The van der Waals surface area contributed by atoms with E-state index < -0.39 is 10.0 Å². The number of piperidine rings is 1. The van der Waals surface area contributed by atoms with Crippen molar-refractivity contribution < 1.29 is 8.42 Å². The number of sulfonamides is 1. The molecule has 0 atom stereocenters. The van der Waals surface area contributed by atoms with E-state index in [2.05, 4.69) is 34.4 Å². The van der Waals surface area contributed by atoms with E-state index in [0.29, 0.717) is 31.7 Å². The summed E-state index contributed by atoms with van der Waals surface area (Å²) in [5.74, 6) is 2.60. The third-order valence-electron chi connectivity index (χ3n) is 4.93. The van der Waals surface area contributed by atoms with Gasteiger partial charge in [0.1, 0.15) is 0 Å². The van der Waals surface area contributed by atoms with Crippen LogP contribution < -0.4 is 10.6 Å². The second-order valence-corrected chi connectivity index (χ2v) is 10.4. The molecule has 0 spiro atoms. The van der Waals surface area contributed by atoms with Crippen molar-refractivity contribution in [2.75, 3.05) is 56.5 Å². The summed E-state index contributed by atoms with van der Waals surface area (Å²) in [6.45, 7) is 11.0.